The Balaban J connectivity index is 1.38. The van der Waals surface area contributed by atoms with E-state index >= 15 is 0 Å². The zero-order valence-corrected chi connectivity index (χ0v) is 26.0. The first-order valence-electron chi connectivity index (χ1n) is 13.4. The van der Waals surface area contributed by atoms with E-state index in [4.69, 9.17) is 30.5 Å². The summed E-state index contributed by atoms with van der Waals surface area (Å²) in [5.41, 5.74) is 2.02. The average molecular weight is 721 g/mol. The third-order valence-corrected chi connectivity index (χ3v) is 7.65. The molecule has 10 nitrogen and oxygen atoms in total. The number of fused-ring (bicyclic) bond motifs is 2. The molecule has 220 valence electrons. The van der Waals surface area contributed by atoms with Crippen molar-refractivity contribution in [2.45, 2.75) is 13.5 Å². The Bertz CT molecular complexity index is 2140. The molecule has 0 aliphatic rings. The van der Waals surface area contributed by atoms with Gasteiger partial charge in [-0.2, -0.15) is 9.78 Å². The number of halogens is 2. The molecule has 2 aromatic heterocycles. The van der Waals surface area contributed by atoms with E-state index in [1.807, 2.05) is 19.1 Å². The van der Waals surface area contributed by atoms with Crippen molar-refractivity contribution in [3.05, 3.63) is 125 Å². The van der Waals surface area contributed by atoms with Crippen molar-refractivity contribution < 1.29 is 18.8 Å². The summed E-state index contributed by atoms with van der Waals surface area (Å²) in [6, 6.07) is 23.9. The Hall–Kier alpha value is -4.75. The summed E-state index contributed by atoms with van der Waals surface area (Å²) in [5.74, 6) is 1.54. The number of non-ortho nitro benzene ring substituents is 1. The molecule has 0 saturated heterocycles. The molecule has 0 aliphatic heterocycles. The summed E-state index contributed by atoms with van der Waals surface area (Å²) in [6.07, 6.45) is 1.54. The predicted molar refractivity (Wildman–Crippen MR) is 177 cm³/mol. The van der Waals surface area contributed by atoms with Crippen LogP contribution in [-0.4, -0.2) is 27.4 Å². The Morgan fingerprint density at radius 2 is 1.91 bits per heavy atom. The number of benzene rings is 4. The molecule has 6 rings (SSSR count). The second kappa shape index (κ2) is 12.5. The number of hydrogen-bond donors (Lipinski definition) is 0. The zero-order chi connectivity index (χ0) is 30.8. The molecule has 0 atom stereocenters. The fourth-order valence-corrected chi connectivity index (χ4v) is 5.58. The molecule has 4 aromatic carbocycles. The SMILES string of the molecule is CCOc1cc(C=Nn2c(-c3cc4cc(Cl)ccc4o3)nc3ccccc3c2=O)cc(I)c1OCc1cccc([N+](=O)[O-])c1. The van der Waals surface area contributed by atoms with E-state index in [0.29, 0.717) is 56.5 Å². The van der Waals surface area contributed by atoms with E-state index in [1.54, 1.807) is 60.7 Å². The van der Waals surface area contributed by atoms with Gasteiger partial charge >= 0.3 is 0 Å². The molecule has 0 amide bonds. The highest BCUT2D eigenvalue weighted by atomic mass is 127. The van der Waals surface area contributed by atoms with Crippen molar-refractivity contribution in [1.29, 1.82) is 0 Å². The zero-order valence-electron chi connectivity index (χ0n) is 23.1. The summed E-state index contributed by atoms with van der Waals surface area (Å²) in [4.78, 5) is 29.1. The lowest BCUT2D eigenvalue weighted by molar-refractivity contribution is -0.384. The first kappa shape index (κ1) is 29.3. The fraction of sp³-hybridized carbons (Fsp3) is 0.0938. The lowest BCUT2D eigenvalue weighted by Gasteiger charge is -2.15. The molecule has 0 N–H and O–H groups in total. The minimum absolute atomic E-state index is 0.0124. The standard InChI is InChI=1S/C32H22ClIN4O6/c1-2-42-28-14-20(13-25(34)30(28)43-18-19-6-5-7-23(12-19)38(40)41)17-35-37-31(36-26-9-4-3-8-24(26)32(37)39)29-16-21-15-22(33)10-11-27(21)44-29/h3-17H,2,18H2,1H3. The molecule has 0 spiro atoms. The van der Waals surface area contributed by atoms with Crippen LogP contribution in [0.3, 0.4) is 0 Å². The van der Waals surface area contributed by atoms with E-state index in [2.05, 4.69) is 27.7 Å². The maximum atomic E-state index is 13.6. The van der Waals surface area contributed by atoms with Crippen molar-refractivity contribution in [3.63, 3.8) is 0 Å². The molecule has 6 aromatic rings. The summed E-state index contributed by atoms with van der Waals surface area (Å²) in [7, 11) is 0. The normalized spacial score (nSPS) is 11.4. The Kier molecular flexibility index (Phi) is 8.31. The van der Waals surface area contributed by atoms with Crippen molar-refractivity contribution in [3.8, 4) is 23.1 Å². The van der Waals surface area contributed by atoms with Gasteiger partial charge in [0.1, 0.15) is 12.2 Å². The molecule has 0 saturated carbocycles. The summed E-state index contributed by atoms with van der Waals surface area (Å²) in [6.45, 7) is 2.33. The molecular weight excluding hydrogens is 699 g/mol. The van der Waals surface area contributed by atoms with E-state index < -0.39 is 4.92 Å². The molecule has 0 aliphatic carbocycles. The van der Waals surface area contributed by atoms with Gasteiger partial charge in [0.25, 0.3) is 11.2 Å². The van der Waals surface area contributed by atoms with Gasteiger partial charge in [-0.05, 0) is 89.2 Å². The molecule has 0 unspecified atom stereocenters. The van der Waals surface area contributed by atoms with Crippen molar-refractivity contribution in [2.75, 3.05) is 6.61 Å². The molecular formula is C32H22ClIN4O6. The maximum absolute atomic E-state index is 13.6. The number of hydrogen-bond acceptors (Lipinski definition) is 8. The van der Waals surface area contributed by atoms with Gasteiger partial charge in [0.05, 0.1) is 32.2 Å². The summed E-state index contributed by atoms with van der Waals surface area (Å²) in [5, 5.41) is 17.4. The third-order valence-electron chi connectivity index (χ3n) is 6.61. The fourth-order valence-electron chi connectivity index (χ4n) is 4.62. The van der Waals surface area contributed by atoms with Gasteiger partial charge < -0.3 is 13.9 Å². The second-order valence-electron chi connectivity index (χ2n) is 9.59. The number of nitrogens with zero attached hydrogens (tertiary/aromatic N) is 4. The van der Waals surface area contributed by atoms with Gasteiger partial charge in [-0.15, -0.1) is 0 Å². The van der Waals surface area contributed by atoms with Crippen LogP contribution in [0.1, 0.15) is 18.1 Å². The largest absolute Gasteiger partial charge is 0.490 e. The van der Waals surface area contributed by atoms with Crippen molar-refractivity contribution >= 4 is 68.0 Å². The van der Waals surface area contributed by atoms with Crippen LogP contribution in [0.4, 0.5) is 5.69 Å². The highest BCUT2D eigenvalue weighted by Gasteiger charge is 2.18. The van der Waals surface area contributed by atoms with Crippen LogP contribution >= 0.6 is 34.2 Å². The lowest BCUT2D eigenvalue weighted by Crippen LogP contribution is -2.20. The molecule has 0 radical (unpaired) electrons. The van der Waals surface area contributed by atoms with Crippen LogP contribution in [0.15, 0.2) is 99.2 Å². The van der Waals surface area contributed by atoms with Gasteiger partial charge in [-0.3, -0.25) is 14.9 Å². The number of nitro groups is 1. The quantitative estimate of drug-likeness (QED) is 0.0646. The van der Waals surface area contributed by atoms with Gasteiger partial charge in [-0.25, -0.2) is 4.98 Å². The summed E-state index contributed by atoms with van der Waals surface area (Å²) < 4.78 is 19.9. The van der Waals surface area contributed by atoms with Gasteiger partial charge in [0.2, 0.25) is 5.82 Å². The monoisotopic (exact) mass is 720 g/mol. The highest BCUT2D eigenvalue weighted by Crippen LogP contribution is 2.35. The number of rotatable bonds is 9. The Morgan fingerprint density at radius 1 is 1.07 bits per heavy atom. The number of furan rings is 1. The Labute approximate surface area is 268 Å². The molecule has 44 heavy (non-hydrogen) atoms. The van der Waals surface area contributed by atoms with Crippen LogP contribution in [0, 0.1) is 13.7 Å². The molecule has 0 fully saturated rings. The van der Waals surface area contributed by atoms with Gasteiger partial charge in [0.15, 0.2) is 17.3 Å². The Morgan fingerprint density at radius 3 is 2.73 bits per heavy atom. The molecule has 12 heteroatoms. The minimum Gasteiger partial charge on any atom is -0.490 e. The van der Waals surface area contributed by atoms with Gasteiger partial charge in [-0.1, -0.05) is 35.9 Å². The number of para-hydroxylation sites is 1. The molecule has 2 heterocycles. The van der Waals surface area contributed by atoms with Crippen LogP contribution < -0.4 is 15.0 Å². The van der Waals surface area contributed by atoms with Crippen molar-refractivity contribution in [2.24, 2.45) is 5.10 Å². The van der Waals surface area contributed by atoms with Crippen LogP contribution in [0.25, 0.3) is 33.5 Å². The number of ether oxygens (including phenoxy) is 2. The van der Waals surface area contributed by atoms with Crippen LogP contribution in [0.5, 0.6) is 11.5 Å². The van der Waals surface area contributed by atoms with Gasteiger partial charge in [0, 0.05) is 22.5 Å². The molecule has 0 bridgehead atoms. The van der Waals surface area contributed by atoms with E-state index in [0.717, 1.165) is 8.96 Å². The van der Waals surface area contributed by atoms with Crippen LogP contribution in [-0.2, 0) is 6.61 Å². The number of aromatic nitrogens is 2. The minimum atomic E-state index is -0.446. The predicted octanol–water partition coefficient (Wildman–Crippen LogP) is 7.84. The maximum Gasteiger partial charge on any atom is 0.282 e. The van der Waals surface area contributed by atoms with Crippen molar-refractivity contribution in [1.82, 2.24) is 9.66 Å². The lowest BCUT2D eigenvalue weighted by atomic mass is 10.2. The number of nitro benzene ring substituents is 1. The summed E-state index contributed by atoms with van der Waals surface area (Å²) >= 11 is 8.30. The highest BCUT2D eigenvalue weighted by molar-refractivity contribution is 14.1. The topological polar surface area (TPSA) is 122 Å². The van der Waals surface area contributed by atoms with E-state index in [1.165, 1.54) is 23.0 Å². The van der Waals surface area contributed by atoms with E-state index in [-0.39, 0.29) is 23.7 Å². The first-order chi connectivity index (χ1) is 21.3. The van der Waals surface area contributed by atoms with Crippen LogP contribution in [0.2, 0.25) is 5.02 Å². The smallest absolute Gasteiger partial charge is 0.282 e. The second-order valence-corrected chi connectivity index (χ2v) is 11.2. The average Bonchev–Trinajstić information content (AvgIpc) is 3.43. The van der Waals surface area contributed by atoms with E-state index in [9.17, 15) is 14.9 Å². The third kappa shape index (κ3) is 6.01. The first-order valence-corrected chi connectivity index (χ1v) is 14.8.